The van der Waals surface area contributed by atoms with Crippen molar-refractivity contribution in [1.82, 2.24) is 0 Å². The molecule has 70 valence electrons. The molecule has 1 fully saturated rings. The molecule has 0 amide bonds. The van der Waals surface area contributed by atoms with E-state index in [0.29, 0.717) is 11.3 Å². The van der Waals surface area contributed by atoms with Crippen molar-refractivity contribution in [3.8, 4) is 0 Å². The summed E-state index contributed by atoms with van der Waals surface area (Å²) in [7, 11) is 0. The largest absolute Gasteiger partial charge is 0.303 e. The molecule has 1 saturated carbocycles. The summed E-state index contributed by atoms with van der Waals surface area (Å²) in [6.07, 6.45) is 5.70. The minimum Gasteiger partial charge on any atom is -0.303 e. The molecule has 1 aliphatic rings. The monoisotopic (exact) mass is 168 g/mol. The predicted octanol–water partition coefficient (Wildman–Crippen LogP) is 3.04. The molecule has 0 aromatic rings. The van der Waals surface area contributed by atoms with E-state index in [1.807, 2.05) is 0 Å². The average molecular weight is 168 g/mol. The summed E-state index contributed by atoms with van der Waals surface area (Å²) in [6, 6.07) is 0. The molecule has 1 rings (SSSR count). The van der Waals surface area contributed by atoms with Crippen LogP contribution in [0.1, 0.15) is 46.5 Å². The van der Waals surface area contributed by atoms with Crippen LogP contribution in [0.25, 0.3) is 0 Å². The highest BCUT2D eigenvalue weighted by molar-refractivity contribution is 5.50. The lowest BCUT2D eigenvalue weighted by molar-refractivity contribution is -0.109. The van der Waals surface area contributed by atoms with Crippen LogP contribution in [0.5, 0.6) is 0 Å². The van der Waals surface area contributed by atoms with E-state index in [4.69, 9.17) is 0 Å². The standard InChI is InChI=1S/C11H20O/c1-4-9-5-6-10(7-8-12)11(9,2)3/h8-10H,4-7H2,1-3H3. The Kier molecular flexibility index (Phi) is 2.92. The van der Waals surface area contributed by atoms with Crippen LogP contribution in [0.15, 0.2) is 0 Å². The molecule has 0 spiro atoms. The van der Waals surface area contributed by atoms with Crippen LogP contribution >= 0.6 is 0 Å². The van der Waals surface area contributed by atoms with Gasteiger partial charge in [0.05, 0.1) is 0 Å². The molecule has 0 N–H and O–H groups in total. The Morgan fingerprint density at radius 2 is 1.92 bits per heavy atom. The van der Waals surface area contributed by atoms with Crippen molar-refractivity contribution in [2.45, 2.75) is 46.5 Å². The van der Waals surface area contributed by atoms with Gasteiger partial charge in [-0.05, 0) is 30.1 Å². The lowest BCUT2D eigenvalue weighted by Gasteiger charge is -2.31. The van der Waals surface area contributed by atoms with E-state index in [1.54, 1.807) is 0 Å². The molecule has 0 aliphatic heterocycles. The minimum atomic E-state index is 0.398. The van der Waals surface area contributed by atoms with Gasteiger partial charge in [-0.15, -0.1) is 0 Å². The summed E-state index contributed by atoms with van der Waals surface area (Å²) in [5, 5.41) is 0. The Morgan fingerprint density at radius 3 is 2.33 bits per heavy atom. The second-order valence-electron chi connectivity index (χ2n) is 4.60. The van der Waals surface area contributed by atoms with Crippen LogP contribution in [0.4, 0.5) is 0 Å². The molecular weight excluding hydrogens is 148 g/mol. The molecular formula is C11H20O. The fraction of sp³-hybridized carbons (Fsp3) is 0.909. The summed E-state index contributed by atoms with van der Waals surface area (Å²) in [4.78, 5) is 10.4. The fourth-order valence-electron chi connectivity index (χ4n) is 2.75. The van der Waals surface area contributed by atoms with Crippen LogP contribution in [0.3, 0.4) is 0 Å². The van der Waals surface area contributed by atoms with Gasteiger partial charge in [0.15, 0.2) is 0 Å². The van der Waals surface area contributed by atoms with Crippen LogP contribution in [0.2, 0.25) is 0 Å². The summed E-state index contributed by atoms with van der Waals surface area (Å²) >= 11 is 0. The number of hydrogen-bond donors (Lipinski definition) is 0. The molecule has 1 nitrogen and oxygen atoms in total. The van der Waals surface area contributed by atoms with E-state index >= 15 is 0 Å². The molecule has 1 aliphatic carbocycles. The number of hydrogen-bond acceptors (Lipinski definition) is 1. The van der Waals surface area contributed by atoms with Gasteiger partial charge in [-0.3, -0.25) is 0 Å². The molecule has 2 unspecified atom stereocenters. The molecule has 2 atom stereocenters. The van der Waals surface area contributed by atoms with Gasteiger partial charge in [-0.2, -0.15) is 0 Å². The summed E-state index contributed by atoms with van der Waals surface area (Å²) < 4.78 is 0. The number of aldehydes is 1. The molecule has 0 radical (unpaired) electrons. The van der Waals surface area contributed by atoms with Crippen molar-refractivity contribution >= 4 is 6.29 Å². The second-order valence-corrected chi connectivity index (χ2v) is 4.60. The van der Waals surface area contributed by atoms with Crippen LogP contribution in [0, 0.1) is 17.3 Å². The van der Waals surface area contributed by atoms with Gasteiger partial charge in [-0.25, -0.2) is 0 Å². The molecule has 0 aromatic carbocycles. The van der Waals surface area contributed by atoms with E-state index in [-0.39, 0.29) is 0 Å². The molecule has 12 heavy (non-hydrogen) atoms. The lowest BCUT2D eigenvalue weighted by Crippen LogP contribution is -2.24. The number of rotatable bonds is 3. The third kappa shape index (κ3) is 1.55. The van der Waals surface area contributed by atoms with E-state index < -0.39 is 0 Å². The molecule has 1 heteroatoms. The first-order chi connectivity index (χ1) is 5.62. The van der Waals surface area contributed by atoms with Crippen LogP contribution in [-0.4, -0.2) is 6.29 Å². The lowest BCUT2D eigenvalue weighted by atomic mass is 9.73. The molecule has 0 heterocycles. The van der Waals surface area contributed by atoms with Crippen LogP contribution in [-0.2, 0) is 4.79 Å². The maximum atomic E-state index is 10.4. The molecule has 0 bridgehead atoms. The van der Waals surface area contributed by atoms with Gasteiger partial charge < -0.3 is 4.79 Å². The summed E-state index contributed by atoms with van der Waals surface area (Å²) in [5.41, 5.74) is 0.398. The molecule has 0 saturated heterocycles. The normalized spacial score (nSPS) is 33.6. The second kappa shape index (κ2) is 3.59. The van der Waals surface area contributed by atoms with Crippen molar-refractivity contribution in [2.24, 2.45) is 17.3 Å². The van der Waals surface area contributed by atoms with Crippen molar-refractivity contribution in [3.63, 3.8) is 0 Å². The van der Waals surface area contributed by atoms with Gasteiger partial charge in [0.2, 0.25) is 0 Å². The topological polar surface area (TPSA) is 17.1 Å². The maximum absolute atomic E-state index is 10.4. The highest BCUT2D eigenvalue weighted by atomic mass is 16.1. The van der Waals surface area contributed by atoms with Crippen molar-refractivity contribution < 1.29 is 4.79 Å². The van der Waals surface area contributed by atoms with Crippen LogP contribution < -0.4 is 0 Å². The fourth-order valence-corrected chi connectivity index (χ4v) is 2.75. The maximum Gasteiger partial charge on any atom is 0.120 e. The van der Waals surface area contributed by atoms with Gasteiger partial charge in [0, 0.05) is 6.42 Å². The minimum absolute atomic E-state index is 0.398. The zero-order valence-corrected chi connectivity index (χ0v) is 8.47. The van der Waals surface area contributed by atoms with Crippen molar-refractivity contribution in [2.75, 3.05) is 0 Å². The first-order valence-corrected chi connectivity index (χ1v) is 5.06. The third-order valence-corrected chi connectivity index (χ3v) is 3.84. The first-order valence-electron chi connectivity index (χ1n) is 5.06. The van der Waals surface area contributed by atoms with Crippen molar-refractivity contribution in [3.05, 3.63) is 0 Å². The summed E-state index contributed by atoms with van der Waals surface area (Å²) in [5.74, 6) is 1.47. The first kappa shape index (κ1) is 9.76. The zero-order valence-electron chi connectivity index (χ0n) is 8.47. The number of carbonyl (C=O) groups is 1. The van der Waals surface area contributed by atoms with Gasteiger partial charge in [0.1, 0.15) is 6.29 Å². The quantitative estimate of drug-likeness (QED) is 0.592. The van der Waals surface area contributed by atoms with Gasteiger partial charge in [-0.1, -0.05) is 27.2 Å². The SMILES string of the molecule is CCC1CCC(CC=O)C1(C)C. The highest BCUT2D eigenvalue weighted by Gasteiger charge is 2.41. The summed E-state index contributed by atoms with van der Waals surface area (Å²) in [6.45, 7) is 6.90. The Morgan fingerprint density at radius 1 is 1.33 bits per heavy atom. The zero-order chi connectivity index (χ0) is 9.19. The Balaban J connectivity index is 2.63. The third-order valence-electron chi connectivity index (χ3n) is 3.84. The van der Waals surface area contributed by atoms with E-state index in [0.717, 1.165) is 18.6 Å². The smallest absolute Gasteiger partial charge is 0.120 e. The molecule has 0 aromatic heterocycles. The average Bonchev–Trinajstić information content (AvgIpc) is 2.28. The Bertz CT molecular complexity index is 160. The Hall–Kier alpha value is -0.330. The highest BCUT2D eigenvalue weighted by Crippen LogP contribution is 2.49. The predicted molar refractivity (Wildman–Crippen MR) is 51.0 cm³/mol. The van der Waals surface area contributed by atoms with Gasteiger partial charge >= 0.3 is 0 Å². The van der Waals surface area contributed by atoms with Gasteiger partial charge in [0.25, 0.3) is 0 Å². The van der Waals surface area contributed by atoms with Crippen molar-refractivity contribution in [1.29, 1.82) is 0 Å². The van der Waals surface area contributed by atoms with E-state index in [9.17, 15) is 4.79 Å². The number of carbonyl (C=O) groups excluding carboxylic acids is 1. The van der Waals surface area contributed by atoms with E-state index in [1.165, 1.54) is 19.3 Å². The Labute approximate surface area is 75.5 Å². The van der Waals surface area contributed by atoms with E-state index in [2.05, 4.69) is 20.8 Å².